The summed E-state index contributed by atoms with van der Waals surface area (Å²) < 4.78 is 2.34. The van der Waals surface area contributed by atoms with Gasteiger partial charge in [0, 0.05) is 42.2 Å². The second kappa shape index (κ2) is 10.4. The average Bonchev–Trinajstić information content (AvgIpc) is 3.23. The Kier molecular flexibility index (Phi) is 7.68. The number of hydrogen-bond acceptors (Lipinski definition) is 4. The van der Waals surface area contributed by atoms with Gasteiger partial charge in [-0.3, -0.25) is 0 Å². The first kappa shape index (κ1) is 19.9. The van der Waals surface area contributed by atoms with Gasteiger partial charge in [-0.05, 0) is 44.7 Å². The quantitative estimate of drug-likeness (QED) is 0.414. The zero-order valence-corrected chi connectivity index (χ0v) is 17.4. The van der Waals surface area contributed by atoms with E-state index < -0.39 is 0 Å². The number of guanidine groups is 1. The molecule has 2 N–H and O–H groups in total. The summed E-state index contributed by atoms with van der Waals surface area (Å²) in [5, 5.41) is 15.6. The maximum atomic E-state index is 4.72. The molecule has 27 heavy (non-hydrogen) atoms. The fourth-order valence-corrected chi connectivity index (χ4v) is 4.26. The van der Waals surface area contributed by atoms with Gasteiger partial charge in [0.15, 0.2) is 5.96 Å². The second-order valence-corrected chi connectivity index (χ2v) is 8.19. The van der Waals surface area contributed by atoms with Crippen LogP contribution in [0.5, 0.6) is 0 Å². The third-order valence-electron chi connectivity index (χ3n) is 4.86. The van der Waals surface area contributed by atoms with Gasteiger partial charge in [-0.2, -0.15) is 0 Å². The Morgan fingerprint density at radius 2 is 2.04 bits per heavy atom. The number of hydrogen-bond donors (Lipinski definition) is 2. The lowest BCUT2D eigenvalue weighted by molar-refractivity contribution is 0.594. The molecule has 0 aliphatic carbocycles. The molecule has 0 fully saturated rings. The van der Waals surface area contributed by atoms with Crippen molar-refractivity contribution < 1.29 is 0 Å². The number of aryl methyl sites for hydroxylation is 3. The minimum absolute atomic E-state index is 0.734. The highest BCUT2D eigenvalue weighted by Crippen LogP contribution is 2.17. The van der Waals surface area contributed by atoms with E-state index >= 15 is 0 Å². The predicted molar refractivity (Wildman–Crippen MR) is 112 cm³/mol. The van der Waals surface area contributed by atoms with Crippen LogP contribution in [0.4, 0.5) is 0 Å². The van der Waals surface area contributed by atoms with Crippen molar-refractivity contribution in [1.29, 1.82) is 0 Å². The highest BCUT2D eigenvalue weighted by molar-refractivity contribution is 7.11. The number of aromatic nitrogens is 3. The molecule has 0 radical (unpaired) electrons. The van der Waals surface area contributed by atoms with Crippen LogP contribution in [-0.2, 0) is 32.4 Å². The molecule has 2 aromatic rings. The summed E-state index contributed by atoms with van der Waals surface area (Å²) in [4.78, 5) is 7.46. The normalized spacial score (nSPS) is 14.7. The Balaban J connectivity index is 1.47. The second-order valence-electron chi connectivity index (χ2n) is 6.94. The fourth-order valence-electron chi connectivity index (χ4n) is 3.38. The van der Waals surface area contributed by atoms with Crippen LogP contribution in [0.2, 0.25) is 0 Å². The largest absolute Gasteiger partial charge is 0.357 e. The topological polar surface area (TPSA) is 67.1 Å². The number of fused-ring (bicyclic) bond motifs is 1. The highest BCUT2D eigenvalue weighted by atomic mass is 32.1. The SMILES string of the molecule is CCNC(=NCc1ccc(CC)s1)NCCCc1nnc2n1CCCCC2. The van der Waals surface area contributed by atoms with Crippen LogP contribution in [0.1, 0.15) is 60.9 Å². The summed E-state index contributed by atoms with van der Waals surface area (Å²) in [5.41, 5.74) is 0. The zero-order chi connectivity index (χ0) is 18.9. The summed E-state index contributed by atoms with van der Waals surface area (Å²) in [6.45, 7) is 7.86. The van der Waals surface area contributed by atoms with Crippen molar-refractivity contribution >= 4 is 17.3 Å². The molecule has 3 heterocycles. The molecule has 2 aromatic heterocycles. The first-order chi connectivity index (χ1) is 13.3. The van der Waals surface area contributed by atoms with Crippen LogP contribution in [0.15, 0.2) is 17.1 Å². The van der Waals surface area contributed by atoms with E-state index in [-0.39, 0.29) is 0 Å². The number of nitrogens with zero attached hydrogens (tertiary/aromatic N) is 4. The van der Waals surface area contributed by atoms with Gasteiger partial charge < -0.3 is 15.2 Å². The van der Waals surface area contributed by atoms with Crippen LogP contribution in [0.3, 0.4) is 0 Å². The maximum Gasteiger partial charge on any atom is 0.191 e. The van der Waals surface area contributed by atoms with Crippen molar-refractivity contribution in [1.82, 2.24) is 25.4 Å². The van der Waals surface area contributed by atoms with E-state index in [1.54, 1.807) is 0 Å². The van der Waals surface area contributed by atoms with E-state index in [1.807, 2.05) is 11.3 Å². The molecular weight excluding hydrogens is 356 g/mol. The molecule has 6 nitrogen and oxygen atoms in total. The molecule has 0 amide bonds. The lowest BCUT2D eigenvalue weighted by atomic mass is 10.2. The third-order valence-corrected chi connectivity index (χ3v) is 6.07. The Bertz CT molecular complexity index is 733. The standard InChI is InChI=1S/C20H32N6S/c1-3-16-11-12-17(27-16)15-23-20(21-4-2)22-13-8-10-19-25-24-18-9-6-5-7-14-26(18)19/h11-12H,3-10,13-15H2,1-2H3,(H2,21,22,23). The molecular formula is C20H32N6S. The average molecular weight is 389 g/mol. The first-order valence-corrected chi connectivity index (χ1v) is 11.1. The summed E-state index contributed by atoms with van der Waals surface area (Å²) in [7, 11) is 0. The van der Waals surface area contributed by atoms with Gasteiger partial charge in [0.25, 0.3) is 0 Å². The Labute approximate surface area is 166 Å². The van der Waals surface area contributed by atoms with Crippen molar-refractivity contribution in [3.63, 3.8) is 0 Å². The van der Waals surface area contributed by atoms with Gasteiger partial charge in [-0.1, -0.05) is 13.3 Å². The van der Waals surface area contributed by atoms with Crippen LogP contribution < -0.4 is 10.6 Å². The molecule has 0 spiro atoms. The van der Waals surface area contributed by atoms with Crippen LogP contribution in [0, 0.1) is 0 Å². The number of rotatable bonds is 8. The van der Waals surface area contributed by atoms with E-state index in [9.17, 15) is 0 Å². The van der Waals surface area contributed by atoms with Crippen molar-refractivity contribution in [2.45, 2.75) is 71.9 Å². The van der Waals surface area contributed by atoms with Gasteiger partial charge in [-0.25, -0.2) is 4.99 Å². The van der Waals surface area contributed by atoms with Crippen LogP contribution in [-0.4, -0.2) is 33.8 Å². The predicted octanol–water partition coefficient (Wildman–Crippen LogP) is 3.32. The van der Waals surface area contributed by atoms with E-state index in [2.05, 4.69) is 51.4 Å². The molecule has 0 bridgehead atoms. The molecule has 7 heteroatoms. The lowest BCUT2D eigenvalue weighted by Gasteiger charge is -2.11. The highest BCUT2D eigenvalue weighted by Gasteiger charge is 2.14. The number of thiophene rings is 1. The molecule has 1 aliphatic rings. The molecule has 0 aromatic carbocycles. The minimum Gasteiger partial charge on any atom is -0.357 e. The number of nitrogens with one attached hydrogen (secondary N) is 2. The first-order valence-electron chi connectivity index (χ1n) is 10.3. The molecule has 0 saturated heterocycles. The summed E-state index contributed by atoms with van der Waals surface area (Å²) in [6, 6.07) is 4.39. The minimum atomic E-state index is 0.734. The summed E-state index contributed by atoms with van der Waals surface area (Å²) >= 11 is 1.85. The van der Waals surface area contributed by atoms with Gasteiger partial charge in [0.2, 0.25) is 0 Å². The Morgan fingerprint density at radius 1 is 1.15 bits per heavy atom. The smallest absolute Gasteiger partial charge is 0.191 e. The van der Waals surface area contributed by atoms with Gasteiger partial charge in [0.1, 0.15) is 11.6 Å². The van der Waals surface area contributed by atoms with E-state index in [0.717, 1.165) is 63.6 Å². The van der Waals surface area contributed by atoms with E-state index in [1.165, 1.54) is 34.8 Å². The Hall–Kier alpha value is -1.89. The van der Waals surface area contributed by atoms with Crippen molar-refractivity contribution in [3.05, 3.63) is 33.5 Å². The van der Waals surface area contributed by atoms with Crippen molar-refractivity contribution in [3.8, 4) is 0 Å². The molecule has 0 saturated carbocycles. The molecule has 0 atom stereocenters. The monoisotopic (exact) mass is 388 g/mol. The van der Waals surface area contributed by atoms with Gasteiger partial charge in [0.05, 0.1) is 6.54 Å². The summed E-state index contributed by atoms with van der Waals surface area (Å²) in [5.74, 6) is 3.21. The van der Waals surface area contributed by atoms with Crippen LogP contribution >= 0.6 is 11.3 Å². The molecule has 1 aliphatic heterocycles. The number of aliphatic imine (C=N–C) groups is 1. The van der Waals surface area contributed by atoms with Crippen LogP contribution in [0.25, 0.3) is 0 Å². The zero-order valence-electron chi connectivity index (χ0n) is 16.6. The Morgan fingerprint density at radius 3 is 2.85 bits per heavy atom. The van der Waals surface area contributed by atoms with Crippen molar-refractivity contribution in [2.75, 3.05) is 13.1 Å². The fraction of sp³-hybridized carbons (Fsp3) is 0.650. The van der Waals surface area contributed by atoms with E-state index in [0.29, 0.717) is 0 Å². The van der Waals surface area contributed by atoms with Gasteiger partial charge in [-0.15, -0.1) is 21.5 Å². The van der Waals surface area contributed by atoms with Gasteiger partial charge >= 0.3 is 0 Å². The summed E-state index contributed by atoms with van der Waals surface area (Å²) in [6.07, 6.45) is 7.95. The lowest BCUT2D eigenvalue weighted by Crippen LogP contribution is -2.37. The van der Waals surface area contributed by atoms with Crippen molar-refractivity contribution in [2.24, 2.45) is 4.99 Å². The third kappa shape index (κ3) is 5.79. The maximum absolute atomic E-state index is 4.72. The van der Waals surface area contributed by atoms with E-state index in [4.69, 9.17) is 4.99 Å². The molecule has 148 valence electrons. The molecule has 3 rings (SSSR count). The molecule has 0 unspecified atom stereocenters.